The molecule has 0 bridgehead atoms. The first-order valence-corrected chi connectivity index (χ1v) is 6.61. The van der Waals surface area contributed by atoms with Crippen molar-refractivity contribution in [1.82, 2.24) is 4.98 Å². The minimum absolute atomic E-state index is 0.275. The van der Waals surface area contributed by atoms with Crippen LogP contribution in [-0.2, 0) is 6.42 Å². The summed E-state index contributed by atoms with van der Waals surface area (Å²) in [5.41, 5.74) is 1.01. The third-order valence-corrected chi connectivity index (χ3v) is 4.68. The molecule has 2 nitrogen and oxygen atoms in total. The van der Waals surface area contributed by atoms with Gasteiger partial charge in [0.1, 0.15) is 5.01 Å². The number of aryl methyl sites for hydroxylation is 1. The molecular formula is C11H9NOS2. The first-order valence-electron chi connectivity index (χ1n) is 4.91. The van der Waals surface area contributed by atoms with Crippen molar-refractivity contribution in [2.45, 2.75) is 19.3 Å². The van der Waals surface area contributed by atoms with E-state index in [4.69, 9.17) is 0 Å². The van der Waals surface area contributed by atoms with Gasteiger partial charge < -0.3 is 0 Å². The smallest absolute Gasteiger partial charge is 0.174 e. The summed E-state index contributed by atoms with van der Waals surface area (Å²) in [6, 6.07) is 4.07. The lowest BCUT2D eigenvalue weighted by Crippen LogP contribution is -2.07. The Morgan fingerprint density at radius 3 is 3.00 bits per heavy atom. The molecule has 0 aliphatic heterocycles. The lowest BCUT2D eigenvalue weighted by Gasteiger charge is -2.06. The van der Waals surface area contributed by atoms with E-state index >= 15 is 0 Å². The van der Waals surface area contributed by atoms with Crippen molar-refractivity contribution in [2.24, 2.45) is 0 Å². The van der Waals surface area contributed by atoms with Crippen LogP contribution in [0.4, 0.5) is 0 Å². The highest BCUT2D eigenvalue weighted by atomic mass is 32.1. The quantitative estimate of drug-likeness (QED) is 0.758. The van der Waals surface area contributed by atoms with Gasteiger partial charge in [-0.3, -0.25) is 4.79 Å². The molecule has 76 valence electrons. The second kappa shape index (κ2) is 3.54. The molecule has 1 aliphatic carbocycles. The van der Waals surface area contributed by atoms with E-state index in [9.17, 15) is 4.79 Å². The van der Waals surface area contributed by atoms with Crippen molar-refractivity contribution in [3.05, 3.63) is 28.1 Å². The van der Waals surface area contributed by atoms with Crippen LogP contribution in [0.15, 0.2) is 17.5 Å². The van der Waals surface area contributed by atoms with Gasteiger partial charge in [-0.2, -0.15) is 0 Å². The maximum absolute atomic E-state index is 11.6. The summed E-state index contributed by atoms with van der Waals surface area (Å²) >= 11 is 3.23. The van der Waals surface area contributed by atoms with E-state index in [-0.39, 0.29) is 5.78 Å². The first-order chi connectivity index (χ1) is 7.34. The van der Waals surface area contributed by atoms with Gasteiger partial charge in [0, 0.05) is 6.42 Å². The number of nitrogens with zero attached hydrogens (tertiary/aromatic N) is 1. The fourth-order valence-corrected chi connectivity index (χ4v) is 3.65. The molecule has 1 aliphatic rings. The van der Waals surface area contributed by atoms with Crippen LogP contribution in [0.25, 0.3) is 9.88 Å². The van der Waals surface area contributed by atoms with Crippen LogP contribution in [0, 0.1) is 0 Å². The maximum atomic E-state index is 11.6. The highest BCUT2D eigenvalue weighted by molar-refractivity contribution is 7.22. The number of thiophene rings is 1. The van der Waals surface area contributed by atoms with E-state index < -0.39 is 0 Å². The van der Waals surface area contributed by atoms with Crippen LogP contribution in [-0.4, -0.2) is 10.8 Å². The average molecular weight is 235 g/mol. The van der Waals surface area contributed by atoms with Gasteiger partial charge in [-0.15, -0.1) is 22.7 Å². The molecule has 0 spiro atoms. The molecule has 15 heavy (non-hydrogen) atoms. The highest BCUT2D eigenvalue weighted by Gasteiger charge is 2.22. The van der Waals surface area contributed by atoms with Crippen molar-refractivity contribution >= 4 is 28.5 Å². The summed E-state index contributed by atoms with van der Waals surface area (Å²) in [6.45, 7) is 0. The SMILES string of the molecule is O=C1CCCc2nc(-c3cccs3)sc21. The molecule has 2 aromatic rings. The number of hydrogen-bond donors (Lipinski definition) is 0. The molecule has 0 aromatic carbocycles. The Bertz CT molecular complexity index is 499. The summed E-state index contributed by atoms with van der Waals surface area (Å²) in [5.74, 6) is 0.275. The van der Waals surface area contributed by atoms with Gasteiger partial charge in [-0.1, -0.05) is 6.07 Å². The topological polar surface area (TPSA) is 30.0 Å². The molecule has 3 rings (SSSR count). The van der Waals surface area contributed by atoms with Crippen molar-refractivity contribution in [3.63, 3.8) is 0 Å². The van der Waals surface area contributed by atoms with Gasteiger partial charge in [-0.25, -0.2) is 4.98 Å². The zero-order chi connectivity index (χ0) is 10.3. The van der Waals surface area contributed by atoms with Gasteiger partial charge in [0.2, 0.25) is 0 Å². The van der Waals surface area contributed by atoms with Crippen molar-refractivity contribution in [1.29, 1.82) is 0 Å². The molecule has 0 unspecified atom stereocenters. The number of thiazole rings is 1. The first kappa shape index (κ1) is 9.24. The number of carbonyl (C=O) groups excluding carboxylic acids is 1. The molecule has 0 fully saturated rings. The van der Waals surface area contributed by atoms with E-state index in [2.05, 4.69) is 11.1 Å². The average Bonchev–Trinajstić information content (AvgIpc) is 2.86. The summed E-state index contributed by atoms with van der Waals surface area (Å²) in [5, 5.41) is 3.04. The largest absolute Gasteiger partial charge is 0.293 e. The fourth-order valence-electron chi connectivity index (χ4n) is 1.77. The molecule has 4 heteroatoms. The number of rotatable bonds is 1. The van der Waals surface area contributed by atoms with Crippen LogP contribution in [0.5, 0.6) is 0 Å². The minimum Gasteiger partial charge on any atom is -0.293 e. The van der Waals surface area contributed by atoms with Gasteiger partial charge in [0.15, 0.2) is 5.78 Å². The molecule has 0 radical (unpaired) electrons. The molecule has 0 atom stereocenters. The van der Waals surface area contributed by atoms with Gasteiger partial charge >= 0.3 is 0 Å². The second-order valence-electron chi connectivity index (χ2n) is 3.55. The summed E-state index contributed by atoms with van der Waals surface area (Å²) in [6.07, 6.45) is 2.61. The van der Waals surface area contributed by atoms with Crippen LogP contribution < -0.4 is 0 Å². The Morgan fingerprint density at radius 1 is 1.33 bits per heavy atom. The monoisotopic (exact) mass is 235 g/mol. The van der Waals surface area contributed by atoms with Crippen LogP contribution in [0.1, 0.15) is 28.2 Å². The maximum Gasteiger partial charge on any atom is 0.174 e. The predicted molar refractivity (Wildman–Crippen MR) is 62.7 cm³/mol. The lowest BCUT2D eigenvalue weighted by molar-refractivity contribution is 0.0976. The molecular weight excluding hydrogens is 226 g/mol. The molecule has 2 heterocycles. The number of Topliss-reactive ketones (excluding diaryl/α,β-unsaturated/α-hetero) is 1. The highest BCUT2D eigenvalue weighted by Crippen LogP contribution is 2.34. The lowest BCUT2D eigenvalue weighted by atomic mass is 10.0. The zero-order valence-corrected chi connectivity index (χ0v) is 9.66. The summed E-state index contributed by atoms with van der Waals surface area (Å²) in [7, 11) is 0. The van der Waals surface area contributed by atoms with Gasteiger partial charge in [0.25, 0.3) is 0 Å². The predicted octanol–water partition coefficient (Wildman–Crippen LogP) is 3.39. The Balaban J connectivity index is 2.09. The molecule has 0 saturated carbocycles. The van der Waals surface area contributed by atoms with E-state index in [1.807, 2.05) is 11.4 Å². The van der Waals surface area contributed by atoms with E-state index in [1.165, 1.54) is 4.88 Å². The van der Waals surface area contributed by atoms with Crippen LogP contribution in [0.2, 0.25) is 0 Å². The fraction of sp³-hybridized carbons (Fsp3) is 0.273. The molecule has 0 amide bonds. The number of ketones is 1. The third-order valence-electron chi connectivity index (χ3n) is 2.50. The molecule has 0 N–H and O–H groups in total. The molecule has 0 saturated heterocycles. The molecule has 2 aromatic heterocycles. The minimum atomic E-state index is 0.275. The van der Waals surface area contributed by atoms with Crippen molar-refractivity contribution in [3.8, 4) is 9.88 Å². The Morgan fingerprint density at radius 2 is 2.27 bits per heavy atom. The Labute approximate surface area is 95.6 Å². The van der Waals surface area contributed by atoms with Crippen molar-refractivity contribution in [2.75, 3.05) is 0 Å². The van der Waals surface area contributed by atoms with E-state index in [0.717, 1.165) is 28.4 Å². The summed E-state index contributed by atoms with van der Waals surface area (Å²) < 4.78 is 0. The van der Waals surface area contributed by atoms with Crippen LogP contribution in [0.3, 0.4) is 0 Å². The Kier molecular flexibility index (Phi) is 2.18. The standard InChI is InChI=1S/C11H9NOS2/c13-8-4-1-3-7-10(8)15-11(12-7)9-5-2-6-14-9/h2,5-6H,1,3-4H2. The van der Waals surface area contributed by atoms with Crippen LogP contribution >= 0.6 is 22.7 Å². The number of fused-ring (bicyclic) bond motifs is 1. The van der Waals surface area contributed by atoms with Gasteiger partial charge in [0.05, 0.1) is 15.4 Å². The number of aromatic nitrogens is 1. The summed E-state index contributed by atoms with van der Waals surface area (Å²) in [4.78, 5) is 18.3. The number of carbonyl (C=O) groups is 1. The Hall–Kier alpha value is -1.00. The number of hydrogen-bond acceptors (Lipinski definition) is 4. The third kappa shape index (κ3) is 1.54. The van der Waals surface area contributed by atoms with Crippen molar-refractivity contribution < 1.29 is 4.79 Å². The van der Waals surface area contributed by atoms with E-state index in [1.54, 1.807) is 22.7 Å². The van der Waals surface area contributed by atoms with E-state index in [0.29, 0.717) is 6.42 Å². The zero-order valence-electron chi connectivity index (χ0n) is 8.03. The normalized spacial score (nSPS) is 15.3. The van der Waals surface area contributed by atoms with Gasteiger partial charge in [-0.05, 0) is 24.3 Å². The second-order valence-corrected chi connectivity index (χ2v) is 5.50.